The van der Waals surface area contributed by atoms with E-state index in [9.17, 15) is 18.0 Å². The van der Waals surface area contributed by atoms with Crippen molar-refractivity contribution < 1.29 is 22.7 Å². The van der Waals surface area contributed by atoms with Gasteiger partial charge in [0.15, 0.2) is 5.78 Å². The van der Waals surface area contributed by atoms with Crippen LogP contribution in [0, 0.1) is 0 Å². The molecule has 110 valence electrons. The van der Waals surface area contributed by atoms with Gasteiger partial charge in [-0.1, -0.05) is 0 Å². The maximum atomic E-state index is 12.9. The molecule has 0 bridgehead atoms. The van der Waals surface area contributed by atoms with E-state index < -0.39 is 23.1 Å². The number of halogens is 3. The number of nitrogens with two attached hydrogens (primary N) is 1. The van der Waals surface area contributed by atoms with E-state index in [-0.39, 0.29) is 11.3 Å². The van der Waals surface area contributed by atoms with Crippen LogP contribution in [0.1, 0.15) is 21.5 Å². The van der Waals surface area contributed by atoms with Gasteiger partial charge in [-0.2, -0.15) is 13.2 Å². The van der Waals surface area contributed by atoms with Crippen LogP contribution in [0.3, 0.4) is 0 Å². The van der Waals surface area contributed by atoms with Crippen molar-refractivity contribution in [2.24, 2.45) is 0 Å². The maximum absolute atomic E-state index is 12.9. The molecular formula is C14H11F3N2O2. The molecule has 2 N–H and O–H groups in total. The van der Waals surface area contributed by atoms with Crippen molar-refractivity contribution in [2.45, 2.75) is 6.18 Å². The molecule has 0 aliphatic rings. The molecule has 1 aromatic carbocycles. The summed E-state index contributed by atoms with van der Waals surface area (Å²) in [5.41, 5.74) is 4.11. The second-order valence-electron chi connectivity index (χ2n) is 4.20. The lowest BCUT2D eigenvalue weighted by atomic mass is 9.99. The first-order valence-electron chi connectivity index (χ1n) is 5.84. The number of nitrogens with zero attached hydrogens (tertiary/aromatic N) is 1. The Morgan fingerprint density at radius 3 is 2.52 bits per heavy atom. The van der Waals surface area contributed by atoms with E-state index in [0.717, 1.165) is 18.5 Å². The zero-order valence-electron chi connectivity index (χ0n) is 10.9. The molecule has 0 saturated heterocycles. The van der Waals surface area contributed by atoms with E-state index >= 15 is 0 Å². The normalized spacial score (nSPS) is 11.2. The van der Waals surface area contributed by atoms with Crippen LogP contribution in [0.2, 0.25) is 0 Å². The summed E-state index contributed by atoms with van der Waals surface area (Å²) in [5.74, 6) is -0.429. The van der Waals surface area contributed by atoms with Crippen molar-refractivity contribution in [3.05, 3.63) is 53.3 Å². The van der Waals surface area contributed by atoms with Crippen molar-refractivity contribution in [2.75, 3.05) is 12.8 Å². The molecule has 4 nitrogen and oxygen atoms in total. The zero-order valence-corrected chi connectivity index (χ0v) is 10.9. The Hall–Kier alpha value is -2.57. The minimum absolute atomic E-state index is 0.0331. The summed E-state index contributed by atoms with van der Waals surface area (Å²) >= 11 is 0. The Morgan fingerprint density at radius 1 is 1.24 bits per heavy atom. The molecular weight excluding hydrogens is 285 g/mol. The first-order valence-corrected chi connectivity index (χ1v) is 5.84. The standard InChI is InChI=1S/C14H11F3N2O2/c1-21-8-2-3-9(12(18)6-8)13(20)10-7-19-5-4-11(10)14(15,16)17/h2-7H,18H2,1H3. The first kappa shape index (κ1) is 14.8. The van der Waals surface area contributed by atoms with Crippen LogP contribution in [0.25, 0.3) is 0 Å². The quantitative estimate of drug-likeness (QED) is 0.698. The molecule has 0 spiro atoms. The molecule has 2 rings (SSSR count). The van der Waals surface area contributed by atoms with Crippen LogP contribution in [0.4, 0.5) is 18.9 Å². The minimum Gasteiger partial charge on any atom is -0.497 e. The number of rotatable bonds is 3. The predicted octanol–water partition coefficient (Wildman–Crippen LogP) is 2.92. The van der Waals surface area contributed by atoms with Crippen LogP contribution < -0.4 is 10.5 Å². The Balaban J connectivity index is 2.51. The van der Waals surface area contributed by atoms with Gasteiger partial charge in [0.2, 0.25) is 0 Å². The molecule has 0 amide bonds. The fourth-order valence-electron chi connectivity index (χ4n) is 1.84. The number of pyridine rings is 1. The summed E-state index contributed by atoms with van der Waals surface area (Å²) in [6, 6.07) is 4.90. The molecule has 0 atom stereocenters. The van der Waals surface area contributed by atoms with Gasteiger partial charge in [0, 0.05) is 29.7 Å². The third-order valence-electron chi connectivity index (χ3n) is 2.87. The van der Waals surface area contributed by atoms with Crippen LogP contribution in [0.15, 0.2) is 36.7 Å². The Morgan fingerprint density at radius 2 is 1.95 bits per heavy atom. The second kappa shape index (κ2) is 5.43. The van der Waals surface area contributed by atoms with E-state index in [4.69, 9.17) is 10.5 Å². The molecule has 2 aromatic rings. The first-order chi connectivity index (χ1) is 9.84. The number of hydrogen-bond acceptors (Lipinski definition) is 4. The van der Waals surface area contributed by atoms with Crippen molar-refractivity contribution in [1.82, 2.24) is 4.98 Å². The average Bonchev–Trinajstić information content (AvgIpc) is 2.45. The lowest BCUT2D eigenvalue weighted by Crippen LogP contribution is -2.15. The van der Waals surface area contributed by atoms with E-state index in [1.165, 1.54) is 25.3 Å². The van der Waals surface area contributed by atoms with Gasteiger partial charge in [-0.3, -0.25) is 9.78 Å². The third kappa shape index (κ3) is 2.96. The molecule has 0 saturated carbocycles. The van der Waals surface area contributed by atoms with Gasteiger partial charge < -0.3 is 10.5 Å². The molecule has 0 aliphatic carbocycles. The van der Waals surface area contributed by atoms with Crippen LogP contribution >= 0.6 is 0 Å². The topological polar surface area (TPSA) is 65.2 Å². The SMILES string of the molecule is COc1ccc(C(=O)c2cnccc2C(F)(F)F)c(N)c1. The molecule has 0 aliphatic heterocycles. The monoisotopic (exact) mass is 296 g/mol. The number of carbonyl (C=O) groups is 1. The van der Waals surface area contributed by atoms with Crippen molar-refractivity contribution >= 4 is 11.5 Å². The Labute approximate surface area is 118 Å². The number of methoxy groups -OCH3 is 1. The minimum atomic E-state index is -4.64. The van der Waals surface area contributed by atoms with Gasteiger partial charge in [-0.15, -0.1) is 0 Å². The number of carbonyl (C=O) groups excluding carboxylic acids is 1. The summed E-state index contributed by atoms with van der Waals surface area (Å²) in [6.45, 7) is 0. The number of alkyl halides is 3. The van der Waals surface area contributed by atoms with E-state index in [0.29, 0.717) is 5.75 Å². The second-order valence-corrected chi connectivity index (χ2v) is 4.20. The fourth-order valence-corrected chi connectivity index (χ4v) is 1.84. The van der Waals surface area contributed by atoms with Crippen LogP contribution in [-0.4, -0.2) is 17.9 Å². The zero-order chi connectivity index (χ0) is 15.6. The molecule has 1 aromatic heterocycles. The van der Waals surface area contributed by atoms with Gasteiger partial charge in [0.05, 0.1) is 18.2 Å². The van der Waals surface area contributed by atoms with Crippen molar-refractivity contribution in [3.63, 3.8) is 0 Å². The molecule has 0 unspecified atom stereocenters. The summed E-state index contributed by atoms with van der Waals surface area (Å²) < 4.78 is 43.7. The fraction of sp³-hybridized carbons (Fsp3) is 0.143. The Bertz CT molecular complexity index is 684. The van der Waals surface area contributed by atoms with E-state index in [1.807, 2.05) is 0 Å². The van der Waals surface area contributed by atoms with Crippen molar-refractivity contribution in [1.29, 1.82) is 0 Å². The van der Waals surface area contributed by atoms with Gasteiger partial charge in [-0.05, 0) is 18.2 Å². The van der Waals surface area contributed by atoms with Crippen molar-refractivity contribution in [3.8, 4) is 5.75 Å². The average molecular weight is 296 g/mol. The number of ether oxygens (including phenoxy) is 1. The Kier molecular flexibility index (Phi) is 3.84. The summed E-state index contributed by atoms with van der Waals surface area (Å²) in [7, 11) is 1.42. The number of anilines is 1. The molecule has 1 heterocycles. The lowest BCUT2D eigenvalue weighted by molar-refractivity contribution is -0.137. The summed E-state index contributed by atoms with van der Waals surface area (Å²) in [6.07, 6.45) is -2.78. The predicted molar refractivity (Wildman–Crippen MR) is 70.1 cm³/mol. The van der Waals surface area contributed by atoms with Gasteiger partial charge >= 0.3 is 6.18 Å². The number of hydrogen-bond donors (Lipinski definition) is 1. The maximum Gasteiger partial charge on any atom is 0.417 e. The number of benzene rings is 1. The van der Waals surface area contributed by atoms with Crippen LogP contribution in [0.5, 0.6) is 5.75 Å². The highest BCUT2D eigenvalue weighted by atomic mass is 19.4. The molecule has 0 fully saturated rings. The lowest BCUT2D eigenvalue weighted by Gasteiger charge is -2.12. The highest BCUT2D eigenvalue weighted by molar-refractivity contribution is 6.12. The summed E-state index contributed by atoms with van der Waals surface area (Å²) in [5, 5.41) is 0. The third-order valence-corrected chi connectivity index (χ3v) is 2.87. The van der Waals surface area contributed by atoms with E-state index in [1.54, 1.807) is 0 Å². The molecule has 7 heteroatoms. The molecule has 21 heavy (non-hydrogen) atoms. The highest BCUT2D eigenvalue weighted by Gasteiger charge is 2.35. The molecule has 0 radical (unpaired) electrons. The number of nitrogen functional groups attached to an aromatic ring is 1. The van der Waals surface area contributed by atoms with Gasteiger partial charge in [0.1, 0.15) is 5.75 Å². The van der Waals surface area contributed by atoms with Gasteiger partial charge in [0.25, 0.3) is 0 Å². The largest absolute Gasteiger partial charge is 0.497 e. The van der Waals surface area contributed by atoms with E-state index in [2.05, 4.69) is 4.98 Å². The van der Waals surface area contributed by atoms with Gasteiger partial charge in [-0.25, -0.2) is 0 Å². The number of ketones is 1. The highest BCUT2D eigenvalue weighted by Crippen LogP contribution is 2.33. The summed E-state index contributed by atoms with van der Waals surface area (Å²) in [4.78, 5) is 15.9. The number of aromatic nitrogens is 1. The smallest absolute Gasteiger partial charge is 0.417 e. The van der Waals surface area contributed by atoms with Crippen LogP contribution in [-0.2, 0) is 6.18 Å².